The molecule has 3 aromatic rings. The third-order valence-corrected chi connectivity index (χ3v) is 4.61. The lowest BCUT2D eigenvalue weighted by Gasteiger charge is -2.24. The lowest BCUT2D eigenvalue weighted by atomic mass is 9.96. The number of aliphatic hydroxyl groups is 1. The number of carbonyl (C=O) groups is 1. The van der Waals surface area contributed by atoms with E-state index < -0.39 is 5.60 Å². The van der Waals surface area contributed by atoms with Crippen LogP contribution in [0.1, 0.15) is 17.5 Å². The first-order valence-corrected chi connectivity index (χ1v) is 8.46. The van der Waals surface area contributed by atoms with Gasteiger partial charge in [0.25, 0.3) is 0 Å². The van der Waals surface area contributed by atoms with E-state index in [1.54, 1.807) is 35.4 Å². The summed E-state index contributed by atoms with van der Waals surface area (Å²) < 4.78 is 1.64. The third kappa shape index (κ3) is 3.16. The Kier molecular flexibility index (Phi) is 4.14. The van der Waals surface area contributed by atoms with Crippen molar-refractivity contribution in [2.24, 2.45) is 0 Å². The predicted octanol–water partition coefficient (Wildman–Crippen LogP) is 2.22. The molecule has 132 valence electrons. The number of benzene rings is 1. The molecule has 0 aliphatic heterocycles. The first-order chi connectivity index (χ1) is 12.6. The Bertz CT molecular complexity index is 908. The molecule has 4 rings (SSSR count). The molecule has 2 amide bonds. The molecule has 0 radical (unpaired) electrons. The number of aryl methyl sites for hydroxylation is 1. The zero-order valence-electron chi connectivity index (χ0n) is 14.1. The van der Waals surface area contributed by atoms with E-state index in [9.17, 15) is 9.90 Å². The van der Waals surface area contributed by atoms with Crippen LogP contribution in [0.3, 0.4) is 0 Å². The van der Waals surface area contributed by atoms with E-state index in [-0.39, 0.29) is 12.6 Å². The SMILES string of the molecule is O=C(NCC1(O)CCc2ccccc21)Nc1ccc(-n2cccn2)nc1. The number of amides is 2. The van der Waals surface area contributed by atoms with Crippen LogP contribution < -0.4 is 10.6 Å². The van der Waals surface area contributed by atoms with E-state index in [2.05, 4.69) is 20.7 Å². The molecule has 7 nitrogen and oxygen atoms in total. The summed E-state index contributed by atoms with van der Waals surface area (Å²) in [5.41, 5.74) is 1.58. The minimum absolute atomic E-state index is 0.161. The van der Waals surface area contributed by atoms with E-state index >= 15 is 0 Å². The van der Waals surface area contributed by atoms with Crippen LogP contribution in [-0.4, -0.2) is 32.4 Å². The highest BCUT2D eigenvalue weighted by atomic mass is 16.3. The zero-order valence-corrected chi connectivity index (χ0v) is 14.1. The van der Waals surface area contributed by atoms with Gasteiger partial charge in [-0.3, -0.25) is 0 Å². The van der Waals surface area contributed by atoms with Crippen molar-refractivity contribution in [3.63, 3.8) is 0 Å². The van der Waals surface area contributed by atoms with Gasteiger partial charge in [0.15, 0.2) is 5.82 Å². The average Bonchev–Trinajstić information content (AvgIpc) is 3.31. The van der Waals surface area contributed by atoms with Gasteiger partial charge in [0, 0.05) is 12.4 Å². The zero-order chi connectivity index (χ0) is 18.0. The van der Waals surface area contributed by atoms with Crippen molar-refractivity contribution >= 4 is 11.7 Å². The van der Waals surface area contributed by atoms with Crippen molar-refractivity contribution in [2.45, 2.75) is 18.4 Å². The molecular weight excluding hydrogens is 330 g/mol. The van der Waals surface area contributed by atoms with Crippen LogP contribution in [0, 0.1) is 0 Å². The third-order valence-electron chi connectivity index (χ3n) is 4.61. The molecule has 26 heavy (non-hydrogen) atoms. The number of hydrogen-bond acceptors (Lipinski definition) is 4. The molecular formula is C19H19N5O2. The highest BCUT2D eigenvalue weighted by Crippen LogP contribution is 2.36. The molecule has 1 atom stereocenters. The maximum Gasteiger partial charge on any atom is 0.319 e. The van der Waals surface area contributed by atoms with Crippen LogP contribution in [0.5, 0.6) is 0 Å². The van der Waals surface area contributed by atoms with Crippen molar-refractivity contribution in [2.75, 3.05) is 11.9 Å². The molecule has 1 aliphatic rings. The van der Waals surface area contributed by atoms with Crippen molar-refractivity contribution in [1.82, 2.24) is 20.1 Å². The minimum atomic E-state index is -1.02. The number of fused-ring (bicyclic) bond motifs is 1. The number of rotatable bonds is 4. The summed E-state index contributed by atoms with van der Waals surface area (Å²) in [4.78, 5) is 16.4. The lowest BCUT2D eigenvalue weighted by Crippen LogP contribution is -2.41. The van der Waals surface area contributed by atoms with Gasteiger partial charge in [-0.1, -0.05) is 24.3 Å². The van der Waals surface area contributed by atoms with Crippen LogP contribution in [0.4, 0.5) is 10.5 Å². The molecule has 0 bridgehead atoms. The van der Waals surface area contributed by atoms with Gasteiger partial charge in [-0.25, -0.2) is 14.5 Å². The summed E-state index contributed by atoms with van der Waals surface area (Å²) in [5, 5.41) is 20.4. The molecule has 2 heterocycles. The Hall–Kier alpha value is -3.19. The topological polar surface area (TPSA) is 92.1 Å². The molecule has 1 aromatic carbocycles. The first-order valence-electron chi connectivity index (χ1n) is 8.46. The van der Waals surface area contributed by atoms with Crippen LogP contribution in [0.25, 0.3) is 5.82 Å². The number of hydrogen-bond donors (Lipinski definition) is 3. The summed E-state index contributed by atoms with van der Waals surface area (Å²) in [6, 6.07) is 12.8. The summed E-state index contributed by atoms with van der Waals surface area (Å²) >= 11 is 0. The normalized spacial score (nSPS) is 18.3. The highest BCUT2D eigenvalue weighted by Gasteiger charge is 2.36. The molecule has 0 saturated carbocycles. The highest BCUT2D eigenvalue weighted by molar-refractivity contribution is 5.89. The van der Waals surface area contributed by atoms with Gasteiger partial charge in [0.05, 0.1) is 18.4 Å². The largest absolute Gasteiger partial charge is 0.383 e. The quantitative estimate of drug-likeness (QED) is 0.673. The van der Waals surface area contributed by atoms with Gasteiger partial charge in [-0.15, -0.1) is 0 Å². The second-order valence-electron chi connectivity index (χ2n) is 6.35. The molecule has 2 aromatic heterocycles. The van der Waals surface area contributed by atoms with Gasteiger partial charge in [0.1, 0.15) is 5.60 Å². The Morgan fingerprint density at radius 2 is 2.12 bits per heavy atom. The summed E-state index contributed by atoms with van der Waals surface area (Å²) in [7, 11) is 0. The lowest BCUT2D eigenvalue weighted by molar-refractivity contribution is 0.0417. The second-order valence-corrected chi connectivity index (χ2v) is 6.35. The van der Waals surface area contributed by atoms with Crippen LogP contribution >= 0.6 is 0 Å². The summed E-state index contributed by atoms with van der Waals surface area (Å²) in [5.74, 6) is 0.665. The molecule has 7 heteroatoms. The number of anilines is 1. The average molecular weight is 349 g/mol. The fourth-order valence-electron chi connectivity index (χ4n) is 3.25. The maximum atomic E-state index is 12.2. The fraction of sp³-hybridized carbons (Fsp3) is 0.211. The number of nitrogens with one attached hydrogen (secondary N) is 2. The van der Waals surface area contributed by atoms with Gasteiger partial charge in [0.2, 0.25) is 0 Å². The Labute approximate surface area is 150 Å². The van der Waals surface area contributed by atoms with Crippen molar-refractivity contribution in [3.05, 3.63) is 72.2 Å². The molecule has 0 saturated heterocycles. The van der Waals surface area contributed by atoms with Gasteiger partial charge < -0.3 is 15.7 Å². The van der Waals surface area contributed by atoms with E-state index in [0.717, 1.165) is 17.5 Å². The van der Waals surface area contributed by atoms with E-state index in [1.807, 2.05) is 30.3 Å². The van der Waals surface area contributed by atoms with Crippen molar-refractivity contribution in [3.8, 4) is 5.82 Å². The summed E-state index contributed by atoms with van der Waals surface area (Å²) in [6.45, 7) is 0.161. The predicted molar refractivity (Wildman–Crippen MR) is 97.0 cm³/mol. The number of aromatic nitrogens is 3. The van der Waals surface area contributed by atoms with E-state index in [1.165, 1.54) is 0 Å². The van der Waals surface area contributed by atoms with Gasteiger partial charge in [-0.05, 0) is 42.2 Å². The van der Waals surface area contributed by atoms with Crippen LogP contribution in [-0.2, 0) is 12.0 Å². The first kappa shape index (κ1) is 16.3. The second kappa shape index (κ2) is 6.61. The van der Waals surface area contributed by atoms with E-state index in [4.69, 9.17) is 0 Å². The molecule has 3 N–H and O–H groups in total. The number of nitrogens with zero attached hydrogens (tertiary/aromatic N) is 3. The molecule has 1 aliphatic carbocycles. The number of pyridine rings is 1. The van der Waals surface area contributed by atoms with E-state index in [0.29, 0.717) is 17.9 Å². The smallest absolute Gasteiger partial charge is 0.319 e. The van der Waals surface area contributed by atoms with Crippen molar-refractivity contribution < 1.29 is 9.90 Å². The monoisotopic (exact) mass is 349 g/mol. The maximum absolute atomic E-state index is 12.2. The van der Waals surface area contributed by atoms with Crippen molar-refractivity contribution in [1.29, 1.82) is 0 Å². The van der Waals surface area contributed by atoms with Crippen LogP contribution in [0.2, 0.25) is 0 Å². The standard InChI is InChI=1S/C19H19N5O2/c25-18(21-13-19(26)9-8-14-4-1-2-5-16(14)19)23-15-6-7-17(20-12-15)24-11-3-10-22-24/h1-7,10-12,26H,8-9,13H2,(H2,21,23,25). The summed E-state index contributed by atoms with van der Waals surface area (Å²) in [6.07, 6.45) is 6.45. The van der Waals surface area contributed by atoms with Gasteiger partial charge in [-0.2, -0.15) is 5.10 Å². The fourth-order valence-corrected chi connectivity index (χ4v) is 3.25. The number of urea groups is 1. The Morgan fingerprint density at radius 1 is 1.23 bits per heavy atom. The minimum Gasteiger partial charge on any atom is -0.383 e. The Balaban J connectivity index is 1.36. The molecule has 0 fully saturated rings. The molecule has 0 spiro atoms. The number of carbonyl (C=O) groups excluding carboxylic acids is 1. The Morgan fingerprint density at radius 3 is 2.88 bits per heavy atom. The van der Waals surface area contributed by atoms with Crippen LogP contribution in [0.15, 0.2) is 61.1 Å². The van der Waals surface area contributed by atoms with Gasteiger partial charge >= 0.3 is 6.03 Å². The molecule has 1 unspecified atom stereocenters.